The Hall–Kier alpha value is -3.88. The van der Waals surface area contributed by atoms with Gasteiger partial charge < -0.3 is 20.3 Å². The molecule has 4 N–H and O–H groups in total. The van der Waals surface area contributed by atoms with Crippen molar-refractivity contribution in [3.05, 3.63) is 88.4 Å². The second-order valence-electron chi connectivity index (χ2n) is 7.69. The molecule has 0 spiro atoms. The third kappa shape index (κ3) is 4.73. The standard InChI is InChI=1S/C25H21ClN2O6/c26-20-11-14(23(30)27-22(12-29)24(31)32)9-10-21(20)28-25(33)34-13-19-17-7-3-1-5-15(17)16-6-2-4-8-18(16)19/h1-11,19,22,29H,12-13H2,(H,27,30)(H,28,33)(H,31,32). The summed E-state index contributed by atoms with van der Waals surface area (Å²) in [6.45, 7) is -0.619. The molecule has 1 unspecified atom stereocenters. The minimum Gasteiger partial charge on any atom is -0.480 e. The van der Waals surface area contributed by atoms with E-state index in [-0.39, 0.29) is 28.8 Å². The van der Waals surface area contributed by atoms with Crippen molar-refractivity contribution in [2.45, 2.75) is 12.0 Å². The van der Waals surface area contributed by atoms with Crippen LogP contribution in [-0.2, 0) is 9.53 Å². The summed E-state index contributed by atoms with van der Waals surface area (Å²) in [4.78, 5) is 35.6. The van der Waals surface area contributed by atoms with Gasteiger partial charge in [-0.3, -0.25) is 10.1 Å². The number of hydrogen-bond acceptors (Lipinski definition) is 5. The van der Waals surface area contributed by atoms with Gasteiger partial charge in [0.15, 0.2) is 6.04 Å². The number of benzene rings is 3. The summed E-state index contributed by atoms with van der Waals surface area (Å²) < 4.78 is 5.49. The van der Waals surface area contributed by atoms with Gasteiger partial charge in [-0.2, -0.15) is 0 Å². The Morgan fingerprint density at radius 3 is 2.15 bits per heavy atom. The summed E-state index contributed by atoms with van der Waals surface area (Å²) in [5.41, 5.74) is 4.72. The highest BCUT2D eigenvalue weighted by atomic mass is 35.5. The monoisotopic (exact) mass is 480 g/mol. The molecular formula is C25H21ClN2O6. The van der Waals surface area contributed by atoms with Crippen LogP contribution < -0.4 is 10.6 Å². The van der Waals surface area contributed by atoms with Crippen LogP contribution in [0.2, 0.25) is 5.02 Å². The van der Waals surface area contributed by atoms with Crippen molar-refractivity contribution in [3.63, 3.8) is 0 Å². The topological polar surface area (TPSA) is 125 Å². The number of aliphatic hydroxyl groups excluding tert-OH is 1. The molecule has 0 saturated heterocycles. The summed E-state index contributed by atoms with van der Waals surface area (Å²) in [6.07, 6.45) is -0.702. The van der Waals surface area contributed by atoms with Crippen molar-refractivity contribution >= 4 is 35.3 Å². The first-order chi connectivity index (χ1) is 16.4. The van der Waals surface area contributed by atoms with Gasteiger partial charge in [-0.25, -0.2) is 9.59 Å². The SMILES string of the molecule is O=C(Nc1ccc(C(=O)NC(CO)C(=O)O)cc1Cl)OCC1c2ccccc2-c2ccccc21. The Morgan fingerprint density at radius 2 is 1.59 bits per heavy atom. The summed E-state index contributed by atoms with van der Waals surface area (Å²) in [5.74, 6) is -2.18. The number of nitrogens with one attached hydrogen (secondary N) is 2. The van der Waals surface area contributed by atoms with Gasteiger partial charge >= 0.3 is 12.1 Å². The molecule has 0 saturated carbocycles. The Morgan fingerprint density at radius 1 is 0.971 bits per heavy atom. The number of ether oxygens (including phenoxy) is 1. The van der Waals surface area contributed by atoms with Crippen molar-refractivity contribution < 1.29 is 29.3 Å². The minimum atomic E-state index is -1.44. The lowest BCUT2D eigenvalue weighted by Gasteiger charge is -2.15. The molecule has 34 heavy (non-hydrogen) atoms. The maximum atomic E-state index is 12.5. The van der Waals surface area contributed by atoms with Crippen molar-refractivity contribution in [3.8, 4) is 11.1 Å². The van der Waals surface area contributed by atoms with Crippen LogP contribution in [0.25, 0.3) is 11.1 Å². The fraction of sp³-hybridized carbons (Fsp3) is 0.160. The molecule has 0 fully saturated rings. The van der Waals surface area contributed by atoms with Crippen LogP contribution in [-0.4, -0.2) is 47.4 Å². The number of aliphatic carboxylic acids is 1. The summed E-state index contributed by atoms with van der Waals surface area (Å²) >= 11 is 6.20. The maximum Gasteiger partial charge on any atom is 0.411 e. The second kappa shape index (κ2) is 9.94. The third-order valence-corrected chi connectivity index (χ3v) is 5.91. The molecule has 0 heterocycles. The van der Waals surface area contributed by atoms with Crippen molar-refractivity contribution in [2.75, 3.05) is 18.5 Å². The number of rotatable bonds is 7. The minimum absolute atomic E-state index is 0.0667. The van der Waals surface area contributed by atoms with Crippen LogP contribution in [0.4, 0.5) is 10.5 Å². The number of fused-ring (bicyclic) bond motifs is 3. The molecule has 174 valence electrons. The Bertz CT molecular complexity index is 1220. The van der Waals surface area contributed by atoms with E-state index in [1.54, 1.807) is 0 Å². The molecular weight excluding hydrogens is 460 g/mol. The van der Waals surface area contributed by atoms with Crippen LogP contribution >= 0.6 is 11.6 Å². The number of carboxylic acids is 1. The number of carboxylic acid groups (broad SMARTS) is 1. The molecule has 0 radical (unpaired) electrons. The fourth-order valence-electron chi connectivity index (χ4n) is 3.93. The van der Waals surface area contributed by atoms with E-state index in [2.05, 4.69) is 10.6 Å². The van der Waals surface area contributed by atoms with Gasteiger partial charge in [0.1, 0.15) is 6.61 Å². The van der Waals surface area contributed by atoms with E-state index >= 15 is 0 Å². The Balaban J connectivity index is 1.40. The van der Waals surface area contributed by atoms with Crippen LogP contribution in [0.5, 0.6) is 0 Å². The molecule has 0 bridgehead atoms. The lowest BCUT2D eigenvalue weighted by molar-refractivity contribution is -0.140. The van der Waals surface area contributed by atoms with E-state index in [1.807, 2.05) is 48.5 Å². The third-order valence-electron chi connectivity index (χ3n) is 5.60. The van der Waals surface area contributed by atoms with Crippen molar-refractivity contribution in [1.29, 1.82) is 0 Å². The molecule has 8 nitrogen and oxygen atoms in total. The van der Waals surface area contributed by atoms with Crippen LogP contribution in [0.1, 0.15) is 27.4 Å². The van der Waals surface area contributed by atoms with E-state index in [0.29, 0.717) is 0 Å². The quantitative estimate of drug-likeness (QED) is 0.407. The number of aliphatic hydroxyl groups is 1. The van der Waals surface area contributed by atoms with Gasteiger partial charge in [-0.1, -0.05) is 60.1 Å². The van der Waals surface area contributed by atoms with Gasteiger partial charge in [0.05, 0.1) is 17.3 Å². The molecule has 3 aromatic carbocycles. The van der Waals surface area contributed by atoms with Crippen molar-refractivity contribution in [1.82, 2.24) is 5.32 Å². The normalized spacial score (nSPS) is 12.9. The van der Waals surface area contributed by atoms with Gasteiger partial charge in [0.25, 0.3) is 5.91 Å². The van der Waals surface area contributed by atoms with Gasteiger partial charge in [0.2, 0.25) is 0 Å². The number of carbonyl (C=O) groups excluding carboxylic acids is 2. The number of halogens is 1. The predicted octanol–water partition coefficient (Wildman–Crippen LogP) is 3.88. The summed E-state index contributed by atoms with van der Waals surface area (Å²) in [6, 6.07) is 18.6. The first kappa shape index (κ1) is 23.3. The van der Waals surface area contributed by atoms with E-state index in [0.717, 1.165) is 22.3 Å². The first-order valence-corrected chi connectivity index (χ1v) is 10.8. The Labute approximate surface area is 200 Å². The molecule has 0 aliphatic heterocycles. The highest BCUT2D eigenvalue weighted by molar-refractivity contribution is 6.34. The van der Waals surface area contributed by atoms with Crippen LogP contribution in [0, 0.1) is 0 Å². The largest absolute Gasteiger partial charge is 0.480 e. The van der Waals surface area contributed by atoms with Crippen molar-refractivity contribution in [2.24, 2.45) is 0 Å². The predicted molar refractivity (Wildman–Crippen MR) is 126 cm³/mol. The zero-order valence-corrected chi connectivity index (χ0v) is 18.6. The lowest BCUT2D eigenvalue weighted by atomic mass is 9.98. The second-order valence-corrected chi connectivity index (χ2v) is 8.10. The van der Waals surface area contributed by atoms with Crippen LogP contribution in [0.15, 0.2) is 66.7 Å². The van der Waals surface area contributed by atoms with Gasteiger partial charge in [0, 0.05) is 11.5 Å². The summed E-state index contributed by atoms with van der Waals surface area (Å²) in [5, 5.41) is 22.8. The van der Waals surface area contributed by atoms with E-state index in [9.17, 15) is 14.4 Å². The highest BCUT2D eigenvalue weighted by Gasteiger charge is 2.29. The number of hydrogen-bond donors (Lipinski definition) is 4. The summed E-state index contributed by atoms with van der Waals surface area (Å²) in [7, 11) is 0. The van der Waals surface area contributed by atoms with E-state index in [4.69, 9.17) is 26.6 Å². The smallest absolute Gasteiger partial charge is 0.411 e. The molecule has 2 amide bonds. The molecule has 4 rings (SSSR count). The molecule has 0 aromatic heterocycles. The van der Waals surface area contributed by atoms with E-state index < -0.39 is 30.6 Å². The lowest BCUT2D eigenvalue weighted by Crippen LogP contribution is -2.43. The molecule has 9 heteroatoms. The average molecular weight is 481 g/mol. The molecule has 1 aliphatic carbocycles. The first-order valence-electron chi connectivity index (χ1n) is 10.4. The molecule has 1 atom stereocenters. The number of anilines is 1. The Kier molecular flexibility index (Phi) is 6.81. The average Bonchev–Trinajstić information content (AvgIpc) is 3.16. The number of amides is 2. The van der Waals surface area contributed by atoms with Gasteiger partial charge in [-0.05, 0) is 40.5 Å². The maximum absolute atomic E-state index is 12.5. The van der Waals surface area contributed by atoms with Crippen LogP contribution in [0.3, 0.4) is 0 Å². The highest BCUT2D eigenvalue weighted by Crippen LogP contribution is 2.44. The fourth-order valence-corrected chi connectivity index (χ4v) is 4.16. The van der Waals surface area contributed by atoms with Gasteiger partial charge in [-0.15, -0.1) is 0 Å². The zero-order valence-electron chi connectivity index (χ0n) is 17.8. The number of carbonyl (C=O) groups is 3. The molecule has 1 aliphatic rings. The van der Waals surface area contributed by atoms with E-state index in [1.165, 1.54) is 18.2 Å². The molecule has 3 aromatic rings. The zero-order chi connectivity index (χ0) is 24.2.